The summed E-state index contributed by atoms with van der Waals surface area (Å²) < 4.78 is 18.5. The molecule has 0 aromatic heterocycles. The Kier molecular flexibility index (Phi) is 4.09. The zero-order valence-corrected chi connectivity index (χ0v) is 12.4. The lowest BCUT2D eigenvalue weighted by Gasteiger charge is -2.27. The molecule has 1 amide bonds. The van der Waals surface area contributed by atoms with Crippen molar-refractivity contribution >= 4 is 5.91 Å². The molecule has 0 saturated heterocycles. The standard InChI is InChI=1S/C18H18FNO2/c1-12-2-7-17-15(10-12)16(8-9-22-17)20-18(21)11-13-3-5-14(19)6-4-13/h2-7,10,16H,8-9,11H2,1H3,(H,20,21). The molecular formula is C18H18FNO2. The average molecular weight is 299 g/mol. The fourth-order valence-corrected chi connectivity index (χ4v) is 2.70. The molecule has 0 radical (unpaired) electrons. The summed E-state index contributed by atoms with van der Waals surface area (Å²) in [7, 11) is 0. The largest absolute Gasteiger partial charge is 0.493 e. The molecule has 2 aromatic rings. The lowest BCUT2D eigenvalue weighted by Crippen LogP contribution is -2.33. The van der Waals surface area contributed by atoms with E-state index in [-0.39, 0.29) is 24.2 Å². The first-order valence-corrected chi connectivity index (χ1v) is 7.39. The minimum atomic E-state index is -0.294. The number of aryl methyl sites for hydroxylation is 1. The molecule has 1 atom stereocenters. The highest BCUT2D eigenvalue weighted by Gasteiger charge is 2.23. The van der Waals surface area contributed by atoms with Crippen LogP contribution in [-0.4, -0.2) is 12.5 Å². The van der Waals surface area contributed by atoms with Gasteiger partial charge < -0.3 is 10.1 Å². The van der Waals surface area contributed by atoms with Gasteiger partial charge in [0.15, 0.2) is 0 Å². The summed E-state index contributed by atoms with van der Waals surface area (Å²) in [5.74, 6) is 0.480. The lowest BCUT2D eigenvalue weighted by atomic mass is 9.98. The number of hydrogen-bond donors (Lipinski definition) is 1. The van der Waals surface area contributed by atoms with Gasteiger partial charge in [-0.3, -0.25) is 4.79 Å². The van der Waals surface area contributed by atoms with Crippen LogP contribution in [0.5, 0.6) is 5.75 Å². The number of rotatable bonds is 3. The summed E-state index contributed by atoms with van der Waals surface area (Å²) in [6, 6.07) is 12.0. The smallest absolute Gasteiger partial charge is 0.224 e. The van der Waals surface area contributed by atoms with Gasteiger partial charge in [0.25, 0.3) is 0 Å². The minimum absolute atomic E-state index is 0.0309. The van der Waals surface area contributed by atoms with Crippen molar-refractivity contribution in [2.24, 2.45) is 0 Å². The molecule has 1 N–H and O–H groups in total. The van der Waals surface area contributed by atoms with Crippen LogP contribution in [-0.2, 0) is 11.2 Å². The molecule has 1 aliphatic heterocycles. The Bertz CT molecular complexity index is 682. The van der Waals surface area contributed by atoms with Gasteiger partial charge in [0, 0.05) is 12.0 Å². The third kappa shape index (κ3) is 3.27. The van der Waals surface area contributed by atoms with Crippen LogP contribution < -0.4 is 10.1 Å². The van der Waals surface area contributed by atoms with E-state index < -0.39 is 0 Å². The first-order valence-electron chi connectivity index (χ1n) is 7.39. The van der Waals surface area contributed by atoms with Gasteiger partial charge >= 0.3 is 0 Å². The number of amides is 1. The second kappa shape index (κ2) is 6.18. The van der Waals surface area contributed by atoms with E-state index >= 15 is 0 Å². The number of benzene rings is 2. The van der Waals surface area contributed by atoms with Gasteiger partial charge in [-0.25, -0.2) is 4.39 Å². The van der Waals surface area contributed by atoms with E-state index in [0.717, 1.165) is 28.9 Å². The number of fused-ring (bicyclic) bond motifs is 1. The Morgan fingerprint density at radius 3 is 2.82 bits per heavy atom. The van der Waals surface area contributed by atoms with Crippen LogP contribution in [0.15, 0.2) is 42.5 Å². The Labute approximate surface area is 129 Å². The molecule has 0 saturated carbocycles. The summed E-state index contributed by atoms with van der Waals surface area (Å²) in [4.78, 5) is 12.2. The minimum Gasteiger partial charge on any atom is -0.493 e. The summed E-state index contributed by atoms with van der Waals surface area (Å²) >= 11 is 0. The summed E-state index contributed by atoms with van der Waals surface area (Å²) in [6.45, 7) is 2.61. The zero-order valence-electron chi connectivity index (χ0n) is 12.4. The lowest BCUT2D eigenvalue weighted by molar-refractivity contribution is -0.121. The van der Waals surface area contributed by atoms with Crippen molar-refractivity contribution in [2.75, 3.05) is 6.61 Å². The summed E-state index contributed by atoms with van der Waals surface area (Å²) in [5, 5.41) is 3.05. The van der Waals surface area contributed by atoms with Gasteiger partial charge in [-0.15, -0.1) is 0 Å². The predicted octanol–water partition coefficient (Wildman–Crippen LogP) is 3.32. The van der Waals surface area contributed by atoms with Crippen LogP contribution in [0.4, 0.5) is 4.39 Å². The van der Waals surface area contributed by atoms with Gasteiger partial charge in [-0.2, -0.15) is 0 Å². The average Bonchev–Trinajstić information content (AvgIpc) is 2.50. The Morgan fingerprint density at radius 1 is 1.27 bits per heavy atom. The number of halogens is 1. The highest BCUT2D eigenvalue weighted by atomic mass is 19.1. The first kappa shape index (κ1) is 14.6. The first-order chi connectivity index (χ1) is 10.6. The maximum absolute atomic E-state index is 12.9. The van der Waals surface area contributed by atoms with E-state index in [0.29, 0.717) is 6.61 Å². The monoisotopic (exact) mass is 299 g/mol. The van der Waals surface area contributed by atoms with Crippen LogP contribution in [0, 0.1) is 12.7 Å². The van der Waals surface area contributed by atoms with E-state index in [1.54, 1.807) is 12.1 Å². The molecule has 0 bridgehead atoms. The number of nitrogens with one attached hydrogen (secondary N) is 1. The van der Waals surface area contributed by atoms with Crippen LogP contribution in [0.1, 0.15) is 29.2 Å². The van der Waals surface area contributed by atoms with Gasteiger partial charge in [0.2, 0.25) is 5.91 Å². The van der Waals surface area contributed by atoms with Crippen molar-refractivity contribution in [1.29, 1.82) is 0 Å². The second-order valence-corrected chi connectivity index (χ2v) is 5.60. The Balaban J connectivity index is 1.70. The maximum atomic E-state index is 12.9. The fourth-order valence-electron chi connectivity index (χ4n) is 2.70. The van der Waals surface area contributed by atoms with Crippen molar-refractivity contribution in [3.63, 3.8) is 0 Å². The van der Waals surface area contributed by atoms with Gasteiger partial charge in [-0.1, -0.05) is 29.8 Å². The normalized spacial score (nSPS) is 16.5. The SMILES string of the molecule is Cc1ccc2c(c1)C(NC(=O)Cc1ccc(F)cc1)CCO2. The van der Waals surface area contributed by atoms with E-state index in [9.17, 15) is 9.18 Å². The molecule has 0 spiro atoms. The molecular weight excluding hydrogens is 281 g/mol. The Morgan fingerprint density at radius 2 is 2.05 bits per heavy atom. The van der Waals surface area contributed by atoms with E-state index in [4.69, 9.17) is 4.74 Å². The van der Waals surface area contributed by atoms with Crippen molar-refractivity contribution < 1.29 is 13.9 Å². The molecule has 114 valence electrons. The van der Waals surface area contributed by atoms with Gasteiger partial charge in [-0.05, 0) is 30.7 Å². The van der Waals surface area contributed by atoms with Crippen LogP contribution >= 0.6 is 0 Å². The van der Waals surface area contributed by atoms with Crippen molar-refractivity contribution in [3.8, 4) is 5.75 Å². The van der Waals surface area contributed by atoms with Crippen LogP contribution in [0.25, 0.3) is 0 Å². The van der Waals surface area contributed by atoms with E-state index in [1.165, 1.54) is 12.1 Å². The molecule has 0 aliphatic carbocycles. The van der Waals surface area contributed by atoms with Crippen molar-refractivity contribution in [3.05, 3.63) is 65.0 Å². The molecule has 3 rings (SSSR count). The molecule has 1 heterocycles. The molecule has 1 unspecified atom stereocenters. The third-order valence-electron chi connectivity index (χ3n) is 3.82. The molecule has 3 nitrogen and oxygen atoms in total. The maximum Gasteiger partial charge on any atom is 0.224 e. The number of ether oxygens (including phenoxy) is 1. The Hall–Kier alpha value is -2.36. The number of hydrogen-bond acceptors (Lipinski definition) is 2. The quantitative estimate of drug-likeness (QED) is 0.944. The molecule has 2 aromatic carbocycles. The van der Waals surface area contributed by atoms with Crippen molar-refractivity contribution in [1.82, 2.24) is 5.32 Å². The van der Waals surface area contributed by atoms with Crippen molar-refractivity contribution in [2.45, 2.75) is 25.8 Å². The van der Waals surface area contributed by atoms with Crippen LogP contribution in [0.3, 0.4) is 0 Å². The number of carbonyl (C=O) groups excluding carboxylic acids is 1. The third-order valence-corrected chi connectivity index (χ3v) is 3.82. The second-order valence-electron chi connectivity index (χ2n) is 5.60. The molecule has 4 heteroatoms. The topological polar surface area (TPSA) is 38.3 Å². The van der Waals surface area contributed by atoms with Crippen LogP contribution in [0.2, 0.25) is 0 Å². The van der Waals surface area contributed by atoms with Gasteiger partial charge in [0.05, 0.1) is 19.1 Å². The summed E-state index contributed by atoms with van der Waals surface area (Å²) in [5.41, 5.74) is 2.97. The highest BCUT2D eigenvalue weighted by molar-refractivity contribution is 5.79. The zero-order chi connectivity index (χ0) is 15.5. The van der Waals surface area contributed by atoms with E-state index in [1.807, 2.05) is 19.1 Å². The van der Waals surface area contributed by atoms with Gasteiger partial charge in [0.1, 0.15) is 11.6 Å². The van der Waals surface area contributed by atoms with E-state index in [2.05, 4.69) is 11.4 Å². The number of carbonyl (C=O) groups is 1. The molecule has 22 heavy (non-hydrogen) atoms. The highest BCUT2D eigenvalue weighted by Crippen LogP contribution is 2.32. The predicted molar refractivity (Wildman–Crippen MR) is 82.3 cm³/mol. The summed E-state index contributed by atoms with van der Waals surface area (Å²) in [6.07, 6.45) is 1.00. The molecule has 1 aliphatic rings. The fraction of sp³-hybridized carbons (Fsp3) is 0.278. The molecule has 0 fully saturated rings.